The van der Waals surface area contributed by atoms with Crippen LogP contribution in [0.5, 0.6) is 0 Å². The van der Waals surface area contributed by atoms with Crippen LogP contribution in [0, 0.1) is 0 Å². The van der Waals surface area contributed by atoms with Crippen molar-refractivity contribution in [2.45, 2.75) is 42.5 Å². The van der Waals surface area contributed by atoms with Gasteiger partial charge in [-0.2, -0.15) is 9.67 Å². The molecule has 0 radical (unpaired) electrons. The van der Waals surface area contributed by atoms with Gasteiger partial charge in [-0.05, 0) is 0 Å². The minimum atomic E-state index is -5.17. The Morgan fingerprint density at radius 3 is 2.53 bits per heavy atom. The van der Waals surface area contributed by atoms with E-state index in [2.05, 4.69) is 35.2 Å². The third-order valence-corrected chi connectivity index (χ3v) is 9.23. The Balaban J connectivity index is 1.23. The number of fused-ring (bicyclic) bond motifs is 5. The number of nitrogens with zero attached hydrogens (tertiary/aromatic N) is 8. The molecule has 0 saturated carbocycles. The van der Waals surface area contributed by atoms with Crippen LogP contribution < -0.4 is 17.0 Å². The molecule has 3 saturated heterocycles. The molecule has 7 heterocycles. The van der Waals surface area contributed by atoms with Gasteiger partial charge in [0.25, 0.3) is 5.56 Å². The van der Waals surface area contributed by atoms with Crippen LogP contribution in [0.15, 0.2) is 17.4 Å². The smallest absolute Gasteiger partial charge is 0.387 e. The van der Waals surface area contributed by atoms with Crippen molar-refractivity contribution < 1.29 is 56.7 Å². The van der Waals surface area contributed by atoms with Crippen molar-refractivity contribution in [2.24, 2.45) is 0 Å². The first-order valence-corrected chi connectivity index (χ1v) is 15.8. The van der Waals surface area contributed by atoms with Gasteiger partial charge in [-0.25, -0.2) is 24.1 Å². The van der Waals surface area contributed by atoms with Gasteiger partial charge < -0.3 is 40.9 Å². The van der Waals surface area contributed by atoms with E-state index in [0.717, 1.165) is 21.9 Å². The quantitative estimate of drug-likeness (QED) is 0.103. The average Bonchev–Trinajstić information content (AvgIpc) is 3.73. The molecule has 9 N–H and O–H groups in total. The van der Waals surface area contributed by atoms with Gasteiger partial charge in [0.15, 0.2) is 34.4 Å². The first kappa shape index (κ1) is 30.2. The second-order valence-electron chi connectivity index (χ2n) is 10.1. The lowest BCUT2D eigenvalue weighted by Crippen LogP contribution is -2.49. The van der Waals surface area contributed by atoms with Crippen molar-refractivity contribution in [2.75, 3.05) is 31.3 Å². The van der Waals surface area contributed by atoms with Gasteiger partial charge >= 0.3 is 15.6 Å². The molecule has 4 aromatic rings. The van der Waals surface area contributed by atoms with Crippen LogP contribution in [-0.4, -0.2) is 115 Å². The van der Waals surface area contributed by atoms with Crippen molar-refractivity contribution in [1.82, 2.24) is 44.5 Å². The monoisotopic (exact) mass is 675 g/mol. The molecule has 24 nitrogen and oxygen atoms in total. The van der Waals surface area contributed by atoms with Crippen LogP contribution in [0.4, 0.5) is 11.8 Å². The zero-order valence-corrected chi connectivity index (χ0v) is 24.1. The van der Waals surface area contributed by atoms with Crippen LogP contribution in [0.2, 0.25) is 0 Å². The van der Waals surface area contributed by atoms with E-state index in [9.17, 15) is 33.9 Å². The molecule has 0 aromatic carbocycles. The van der Waals surface area contributed by atoms with Gasteiger partial charge in [0.05, 0.1) is 26.1 Å². The van der Waals surface area contributed by atoms with E-state index in [4.69, 9.17) is 39.0 Å². The highest BCUT2D eigenvalue weighted by Crippen LogP contribution is 2.54. The number of nitrogens with one attached hydrogen (secondary N) is 1. The molecule has 26 heteroatoms. The number of ether oxygens (including phenoxy) is 2. The Kier molecular flexibility index (Phi) is 7.05. The average molecular weight is 675 g/mol. The highest BCUT2D eigenvalue weighted by atomic mass is 31.2. The first-order valence-electron chi connectivity index (χ1n) is 12.8. The Morgan fingerprint density at radius 1 is 1.02 bits per heavy atom. The molecule has 2 bridgehead atoms. The normalized spacial score (nSPS) is 37.7. The SMILES string of the molecule is Nc1nc2c(ncn2C2O[C@@H]3COP(=O)(O)O[C@@H]4[C@@H](COP(=O)(O)O[C@@H]2[C@@H]3O)OC[C@]4(O)n2nnc3c(N)ncnc32)c(=O)[nH]1. The Bertz CT molecular complexity index is 1950. The highest BCUT2D eigenvalue weighted by molar-refractivity contribution is 7.47. The van der Waals surface area contributed by atoms with E-state index in [1.807, 2.05) is 0 Å². The Morgan fingerprint density at radius 2 is 1.76 bits per heavy atom. The molecule has 3 aliphatic rings. The highest BCUT2D eigenvalue weighted by Gasteiger charge is 2.58. The number of aliphatic hydroxyl groups excluding tert-OH is 1. The maximum Gasteiger partial charge on any atom is 0.472 e. The standard InChI is InChI=1S/C19H23N11O13P2/c20-13-8-14(23-4-22-13)30(28-27-8)19(33)3-38-7-2-40-44(34,35)42-11-10(31)6(1-39-45(36,37)43-12(7)19)41-17(11)29-5-24-9-15(29)25-18(21)26-16(9)32/h4-7,10-12,17,31,33H,1-3H2,(H,34,35)(H,36,37)(H2,20,22,23)(H3,21,25,26,32)/t6-,7-,10-,11-,12-,17?,19-/m1/s1. The van der Waals surface area contributed by atoms with E-state index in [-0.39, 0.29) is 34.1 Å². The molecule has 242 valence electrons. The number of H-pyrrole nitrogens is 1. The summed E-state index contributed by atoms with van der Waals surface area (Å²) in [7, 11) is -10.3. The van der Waals surface area contributed by atoms with E-state index >= 15 is 0 Å². The number of aliphatic hydroxyl groups is 2. The number of hydrogen-bond acceptors (Lipinski definition) is 19. The summed E-state index contributed by atoms with van der Waals surface area (Å²) >= 11 is 0. The zero-order valence-electron chi connectivity index (χ0n) is 22.3. The van der Waals surface area contributed by atoms with E-state index in [0.29, 0.717) is 0 Å². The van der Waals surface area contributed by atoms with Crippen LogP contribution in [-0.2, 0) is 42.4 Å². The van der Waals surface area contributed by atoms with Crippen LogP contribution in [0.25, 0.3) is 22.3 Å². The summed E-state index contributed by atoms with van der Waals surface area (Å²) in [6.45, 7) is -2.39. The number of nitrogen functional groups attached to an aromatic ring is 2. The molecular weight excluding hydrogens is 652 g/mol. The van der Waals surface area contributed by atoms with E-state index in [1.54, 1.807) is 0 Å². The summed E-state index contributed by atoms with van der Waals surface area (Å²) in [4.78, 5) is 51.6. The molecular formula is C19H23N11O13P2. The Hall–Kier alpha value is -3.51. The molecule has 3 fully saturated rings. The number of phosphoric ester groups is 2. The summed E-state index contributed by atoms with van der Waals surface area (Å²) < 4.78 is 60.5. The van der Waals surface area contributed by atoms with Gasteiger partial charge in [0.2, 0.25) is 11.7 Å². The van der Waals surface area contributed by atoms with Crippen LogP contribution >= 0.6 is 15.6 Å². The molecule has 4 aromatic heterocycles. The lowest BCUT2D eigenvalue weighted by Gasteiger charge is -2.31. The van der Waals surface area contributed by atoms with Crippen molar-refractivity contribution in [1.29, 1.82) is 0 Å². The second kappa shape index (κ2) is 10.5. The van der Waals surface area contributed by atoms with Crippen LogP contribution in [0.3, 0.4) is 0 Å². The summed E-state index contributed by atoms with van der Waals surface area (Å²) in [6.07, 6.45) is -7.77. The largest absolute Gasteiger partial charge is 0.472 e. The maximum atomic E-state index is 13.2. The van der Waals surface area contributed by atoms with Gasteiger partial charge in [-0.3, -0.25) is 32.4 Å². The minimum Gasteiger partial charge on any atom is -0.387 e. The number of anilines is 2. The fraction of sp³-hybridized carbons (Fsp3) is 0.526. The molecule has 0 amide bonds. The number of rotatable bonds is 2. The van der Waals surface area contributed by atoms with E-state index in [1.165, 1.54) is 0 Å². The molecule has 9 atom stereocenters. The molecule has 0 aliphatic carbocycles. The predicted molar refractivity (Wildman–Crippen MR) is 141 cm³/mol. The molecule has 3 aliphatic heterocycles. The summed E-state index contributed by atoms with van der Waals surface area (Å²) in [5.41, 5.74) is 7.89. The number of hydrogen-bond donors (Lipinski definition) is 7. The topological polar surface area (TPSA) is 343 Å². The molecule has 45 heavy (non-hydrogen) atoms. The maximum absolute atomic E-state index is 13.2. The minimum absolute atomic E-state index is 0.0168. The number of phosphoric acid groups is 2. The fourth-order valence-electron chi connectivity index (χ4n) is 5.21. The first-order chi connectivity index (χ1) is 21.3. The van der Waals surface area contributed by atoms with Crippen molar-refractivity contribution >= 4 is 49.7 Å². The fourth-order valence-corrected chi connectivity index (χ4v) is 7.13. The molecule has 0 spiro atoms. The predicted octanol–water partition coefficient (Wildman–Crippen LogP) is -3.16. The van der Waals surface area contributed by atoms with Crippen molar-refractivity contribution in [3.8, 4) is 0 Å². The molecule has 7 rings (SSSR count). The third kappa shape index (κ3) is 5.10. The summed E-state index contributed by atoms with van der Waals surface area (Å²) in [5, 5.41) is 30.3. The number of nitrogens with two attached hydrogens (primary N) is 2. The summed E-state index contributed by atoms with van der Waals surface area (Å²) in [5.74, 6) is -0.372. The van der Waals surface area contributed by atoms with Gasteiger partial charge in [-0.15, -0.1) is 5.10 Å². The molecule has 3 unspecified atom stereocenters. The zero-order chi connectivity index (χ0) is 31.9. The third-order valence-electron chi connectivity index (χ3n) is 7.28. The lowest BCUT2D eigenvalue weighted by molar-refractivity contribution is -0.119. The van der Waals surface area contributed by atoms with Crippen LogP contribution in [0.1, 0.15) is 6.23 Å². The van der Waals surface area contributed by atoms with E-state index < -0.39 is 83.5 Å². The summed E-state index contributed by atoms with van der Waals surface area (Å²) in [6, 6.07) is 0. The van der Waals surface area contributed by atoms with Gasteiger partial charge in [-0.1, -0.05) is 5.21 Å². The van der Waals surface area contributed by atoms with Crippen molar-refractivity contribution in [3.05, 3.63) is 23.0 Å². The Labute approximate surface area is 248 Å². The van der Waals surface area contributed by atoms with Gasteiger partial charge in [0.1, 0.15) is 36.8 Å². The number of aromatic amines is 1. The number of imidazole rings is 1. The lowest BCUT2D eigenvalue weighted by atomic mass is 10.1. The van der Waals surface area contributed by atoms with Crippen molar-refractivity contribution in [3.63, 3.8) is 0 Å². The van der Waals surface area contributed by atoms with Gasteiger partial charge in [0, 0.05) is 0 Å². The second-order valence-corrected chi connectivity index (χ2v) is 12.9. The number of aromatic nitrogens is 9.